The molecule has 22 heavy (non-hydrogen) atoms. The molecule has 2 N–H and O–H groups in total. The Labute approximate surface area is 133 Å². The Bertz CT molecular complexity index is 803. The molecular weight excluding hydrogens is 296 g/mol. The SMILES string of the molecule is N#CC1=C(N)OC(c2ccccc2)=CC1c1cccc(Cl)c1. The van der Waals surface area contributed by atoms with Crippen LogP contribution in [0.1, 0.15) is 17.0 Å². The molecule has 4 heteroatoms. The van der Waals surface area contributed by atoms with E-state index < -0.39 is 0 Å². The number of rotatable bonds is 2. The highest BCUT2D eigenvalue weighted by molar-refractivity contribution is 6.30. The van der Waals surface area contributed by atoms with E-state index in [1.165, 1.54) is 0 Å². The molecule has 0 spiro atoms. The van der Waals surface area contributed by atoms with E-state index in [4.69, 9.17) is 22.1 Å². The number of nitrogens with zero attached hydrogens (tertiary/aromatic N) is 1. The van der Waals surface area contributed by atoms with Crippen molar-refractivity contribution in [3.8, 4) is 6.07 Å². The molecule has 3 rings (SSSR count). The first kappa shape index (κ1) is 14.2. The molecule has 0 bridgehead atoms. The van der Waals surface area contributed by atoms with E-state index in [2.05, 4.69) is 6.07 Å². The number of nitrogens with two attached hydrogens (primary N) is 1. The molecule has 108 valence electrons. The van der Waals surface area contributed by atoms with Gasteiger partial charge in [0.2, 0.25) is 5.88 Å². The van der Waals surface area contributed by atoms with Gasteiger partial charge in [0.25, 0.3) is 0 Å². The first-order valence-electron chi connectivity index (χ1n) is 6.79. The van der Waals surface area contributed by atoms with Crippen molar-refractivity contribution in [2.45, 2.75) is 5.92 Å². The van der Waals surface area contributed by atoms with Crippen LogP contribution in [0.15, 0.2) is 72.1 Å². The van der Waals surface area contributed by atoms with Gasteiger partial charge in [-0.3, -0.25) is 0 Å². The molecule has 0 amide bonds. The summed E-state index contributed by atoms with van der Waals surface area (Å²) in [6, 6.07) is 19.2. The smallest absolute Gasteiger partial charge is 0.205 e. The molecule has 3 nitrogen and oxygen atoms in total. The van der Waals surface area contributed by atoms with Gasteiger partial charge in [-0.2, -0.15) is 5.26 Å². The third-order valence-corrected chi connectivity index (χ3v) is 3.74. The van der Waals surface area contributed by atoms with Crippen LogP contribution in [0.4, 0.5) is 0 Å². The van der Waals surface area contributed by atoms with Crippen LogP contribution in [0.5, 0.6) is 0 Å². The zero-order valence-electron chi connectivity index (χ0n) is 11.7. The molecule has 0 radical (unpaired) electrons. The maximum absolute atomic E-state index is 9.39. The van der Waals surface area contributed by atoms with Crippen molar-refractivity contribution in [1.29, 1.82) is 5.26 Å². The Hall–Kier alpha value is -2.70. The number of allylic oxidation sites excluding steroid dienone is 2. The molecule has 0 aromatic heterocycles. The summed E-state index contributed by atoms with van der Waals surface area (Å²) in [6.07, 6.45) is 1.90. The Balaban J connectivity index is 2.09. The highest BCUT2D eigenvalue weighted by Crippen LogP contribution is 2.36. The summed E-state index contributed by atoms with van der Waals surface area (Å²) in [6.45, 7) is 0. The Morgan fingerprint density at radius 1 is 1.09 bits per heavy atom. The monoisotopic (exact) mass is 308 g/mol. The van der Waals surface area contributed by atoms with Gasteiger partial charge in [0.05, 0.1) is 0 Å². The lowest BCUT2D eigenvalue weighted by atomic mass is 9.89. The minimum Gasteiger partial charge on any atom is -0.440 e. The normalized spacial score (nSPS) is 17.5. The molecule has 0 saturated carbocycles. The highest BCUT2D eigenvalue weighted by Gasteiger charge is 2.25. The zero-order valence-corrected chi connectivity index (χ0v) is 12.4. The molecular formula is C18H13ClN2O. The lowest BCUT2D eigenvalue weighted by molar-refractivity contribution is 0.360. The number of hydrogen-bond acceptors (Lipinski definition) is 3. The summed E-state index contributed by atoms with van der Waals surface area (Å²) in [5, 5.41) is 10.0. The van der Waals surface area contributed by atoms with Crippen LogP contribution < -0.4 is 5.73 Å². The Morgan fingerprint density at radius 3 is 2.55 bits per heavy atom. The van der Waals surface area contributed by atoms with Crippen molar-refractivity contribution in [2.24, 2.45) is 5.73 Å². The maximum atomic E-state index is 9.39. The molecule has 1 aliphatic rings. The number of halogens is 1. The van der Waals surface area contributed by atoms with Crippen molar-refractivity contribution in [1.82, 2.24) is 0 Å². The first-order chi connectivity index (χ1) is 10.7. The number of benzene rings is 2. The van der Waals surface area contributed by atoms with Crippen LogP contribution >= 0.6 is 11.6 Å². The fourth-order valence-electron chi connectivity index (χ4n) is 2.44. The van der Waals surface area contributed by atoms with Gasteiger partial charge in [0.1, 0.15) is 17.4 Å². The quantitative estimate of drug-likeness (QED) is 0.905. The average Bonchev–Trinajstić information content (AvgIpc) is 2.55. The second kappa shape index (κ2) is 5.97. The van der Waals surface area contributed by atoms with E-state index in [0.29, 0.717) is 16.4 Å². The standard InChI is InChI=1S/C18H13ClN2O/c19-14-8-4-7-13(9-14)15-10-17(12-5-2-1-3-6-12)22-18(21)16(15)11-20/h1-10,15H,21H2. The summed E-state index contributed by atoms with van der Waals surface area (Å²) in [5.41, 5.74) is 8.15. The van der Waals surface area contributed by atoms with Gasteiger partial charge < -0.3 is 10.5 Å². The Kier molecular flexibility index (Phi) is 3.86. The lowest BCUT2D eigenvalue weighted by Gasteiger charge is -2.23. The van der Waals surface area contributed by atoms with E-state index in [9.17, 15) is 5.26 Å². The molecule has 1 heterocycles. The second-order valence-electron chi connectivity index (χ2n) is 4.92. The predicted molar refractivity (Wildman–Crippen MR) is 86.5 cm³/mol. The molecule has 2 aromatic rings. The summed E-state index contributed by atoms with van der Waals surface area (Å²) in [7, 11) is 0. The van der Waals surface area contributed by atoms with Crippen molar-refractivity contribution < 1.29 is 4.74 Å². The summed E-state index contributed by atoms with van der Waals surface area (Å²) in [4.78, 5) is 0. The summed E-state index contributed by atoms with van der Waals surface area (Å²) >= 11 is 6.06. The second-order valence-corrected chi connectivity index (χ2v) is 5.36. The van der Waals surface area contributed by atoms with Gasteiger partial charge in [0.15, 0.2) is 0 Å². The molecule has 1 aliphatic heterocycles. The van der Waals surface area contributed by atoms with Crippen LogP contribution in [0.25, 0.3) is 5.76 Å². The minimum absolute atomic E-state index is 0.133. The van der Waals surface area contributed by atoms with Crippen LogP contribution in [0.2, 0.25) is 5.02 Å². The van der Waals surface area contributed by atoms with Gasteiger partial charge in [-0.15, -0.1) is 0 Å². The summed E-state index contributed by atoms with van der Waals surface area (Å²) in [5.74, 6) is 0.503. The highest BCUT2D eigenvalue weighted by atomic mass is 35.5. The third kappa shape index (κ3) is 2.69. The third-order valence-electron chi connectivity index (χ3n) is 3.50. The molecule has 0 aliphatic carbocycles. The maximum Gasteiger partial charge on any atom is 0.205 e. The minimum atomic E-state index is -0.271. The Morgan fingerprint density at radius 2 is 1.86 bits per heavy atom. The zero-order chi connectivity index (χ0) is 15.5. The first-order valence-corrected chi connectivity index (χ1v) is 7.17. The van der Waals surface area contributed by atoms with Gasteiger partial charge in [-0.25, -0.2) is 0 Å². The van der Waals surface area contributed by atoms with Crippen molar-refractivity contribution in [2.75, 3.05) is 0 Å². The molecule has 0 saturated heterocycles. The summed E-state index contributed by atoms with van der Waals surface area (Å²) < 4.78 is 5.62. The topological polar surface area (TPSA) is 59.0 Å². The van der Waals surface area contributed by atoms with Crippen LogP contribution in [-0.2, 0) is 4.74 Å². The number of nitriles is 1. The van der Waals surface area contributed by atoms with Crippen LogP contribution in [0, 0.1) is 11.3 Å². The van der Waals surface area contributed by atoms with Crippen LogP contribution in [-0.4, -0.2) is 0 Å². The fraction of sp³-hybridized carbons (Fsp3) is 0.0556. The lowest BCUT2D eigenvalue weighted by Crippen LogP contribution is -2.16. The predicted octanol–water partition coefficient (Wildman–Crippen LogP) is 4.19. The molecule has 2 aromatic carbocycles. The number of ether oxygens (including phenoxy) is 1. The van der Waals surface area contributed by atoms with Gasteiger partial charge in [-0.1, -0.05) is 54.1 Å². The van der Waals surface area contributed by atoms with Gasteiger partial charge >= 0.3 is 0 Å². The van der Waals surface area contributed by atoms with E-state index in [0.717, 1.165) is 11.1 Å². The fourth-order valence-corrected chi connectivity index (χ4v) is 2.64. The van der Waals surface area contributed by atoms with Gasteiger partial charge in [0, 0.05) is 16.5 Å². The van der Waals surface area contributed by atoms with Crippen LogP contribution in [0.3, 0.4) is 0 Å². The molecule has 1 unspecified atom stereocenters. The van der Waals surface area contributed by atoms with E-state index >= 15 is 0 Å². The molecule has 0 fully saturated rings. The van der Waals surface area contributed by atoms with E-state index in [1.54, 1.807) is 6.07 Å². The van der Waals surface area contributed by atoms with Gasteiger partial charge in [-0.05, 0) is 23.8 Å². The van der Waals surface area contributed by atoms with Crippen molar-refractivity contribution in [3.63, 3.8) is 0 Å². The van der Waals surface area contributed by atoms with E-state index in [1.807, 2.05) is 54.6 Å². The number of hydrogen-bond donors (Lipinski definition) is 1. The van der Waals surface area contributed by atoms with Crippen molar-refractivity contribution >= 4 is 17.4 Å². The molecule has 1 atom stereocenters. The average molecular weight is 309 g/mol. The van der Waals surface area contributed by atoms with Crippen molar-refractivity contribution in [3.05, 3.63) is 88.3 Å². The largest absolute Gasteiger partial charge is 0.440 e. The van der Waals surface area contributed by atoms with E-state index in [-0.39, 0.29) is 11.8 Å².